The summed E-state index contributed by atoms with van der Waals surface area (Å²) >= 11 is 0. The van der Waals surface area contributed by atoms with Crippen molar-refractivity contribution in [2.45, 2.75) is 26.8 Å². The third kappa shape index (κ3) is 4.73. The summed E-state index contributed by atoms with van der Waals surface area (Å²) in [5.41, 5.74) is 2.10. The molecule has 2 fully saturated rings. The van der Waals surface area contributed by atoms with Crippen molar-refractivity contribution < 1.29 is 13.2 Å². The fourth-order valence-electron chi connectivity index (χ4n) is 3.84. The molecule has 0 radical (unpaired) electrons. The fraction of sp³-hybridized carbons (Fsp3) is 0.667. The summed E-state index contributed by atoms with van der Waals surface area (Å²) in [5, 5.41) is 0. The number of morpholine rings is 1. The number of hydrogen-bond acceptors (Lipinski definition) is 4. The van der Waals surface area contributed by atoms with Crippen LogP contribution in [0.1, 0.15) is 25.8 Å². The van der Waals surface area contributed by atoms with E-state index < -0.39 is 10.2 Å². The Morgan fingerprint density at radius 3 is 2.44 bits per heavy atom. The van der Waals surface area contributed by atoms with Crippen molar-refractivity contribution in [1.82, 2.24) is 9.03 Å². The molecule has 0 saturated carbocycles. The van der Waals surface area contributed by atoms with Crippen LogP contribution in [0, 0.1) is 11.8 Å². The Bertz CT molecular complexity index is 664. The molecule has 6 nitrogen and oxygen atoms in total. The highest BCUT2D eigenvalue weighted by atomic mass is 32.2. The van der Waals surface area contributed by atoms with Crippen LogP contribution in [0.2, 0.25) is 0 Å². The maximum Gasteiger partial charge on any atom is 0.279 e. The van der Waals surface area contributed by atoms with Crippen molar-refractivity contribution in [3.05, 3.63) is 29.8 Å². The Morgan fingerprint density at radius 1 is 1.12 bits per heavy atom. The third-order valence-electron chi connectivity index (χ3n) is 4.96. The van der Waals surface area contributed by atoms with Gasteiger partial charge in [-0.25, -0.2) is 0 Å². The van der Waals surface area contributed by atoms with Gasteiger partial charge in [-0.05, 0) is 29.9 Å². The number of nitrogens with zero attached hydrogens (tertiary/aromatic N) is 2. The number of piperidine rings is 1. The van der Waals surface area contributed by atoms with E-state index >= 15 is 0 Å². The van der Waals surface area contributed by atoms with Gasteiger partial charge in [-0.3, -0.25) is 0 Å². The van der Waals surface area contributed by atoms with Gasteiger partial charge in [0.25, 0.3) is 10.2 Å². The molecule has 0 spiro atoms. The lowest BCUT2D eigenvalue weighted by Crippen LogP contribution is -2.47. The summed E-state index contributed by atoms with van der Waals surface area (Å²) in [7, 11) is -3.45. The molecule has 0 bridgehead atoms. The zero-order valence-electron chi connectivity index (χ0n) is 15.1. The number of nitrogens with one attached hydrogen (secondary N) is 1. The first-order valence-electron chi connectivity index (χ1n) is 9.11. The van der Waals surface area contributed by atoms with Gasteiger partial charge < -0.3 is 9.64 Å². The van der Waals surface area contributed by atoms with Gasteiger partial charge in [0.1, 0.15) is 0 Å². The van der Waals surface area contributed by atoms with Crippen molar-refractivity contribution in [3.63, 3.8) is 0 Å². The largest absolute Gasteiger partial charge is 0.378 e. The van der Waals surface area contributed by atoms with Crippen molar-refractivity contribution in [1.29, 1.82) is 0 Å². The van der Waals surface area contributed by atoms with E-state index in [9.17, 15) is 8.42 Å². The standard InChI is InChI=1S/C18H29N3O3S/c1-15-11-16(2)14-21(13-15)25(22,23)19-12-17-5-3-4-6-18(17)20-7-9-24-10-8-20/h3-6,15-16,19H,7-14H2,1-2H3/t15-,16-/m1/s1. The molecule has 1 aromatic rings. The lowest BCUT2D eigenvalue weighted by Gasteiger charge is -2.34. The molecule has 0 aromatic heterocycles. The van der Waals surface area contributed by atoms with Crippen molar-refractivity contribution >= 4 is 15.9 Å². The molecule has 0 amide bonds. The Labute approximate surface area is 151 Å². The molecule has 25 heavy (non-hydrogen) atoms. The second-order valence-electron chi connectivity index (χ2n) is 7.32. The highest BCUT2D eigenvalue weighted by Crippen LogP contribution is 2.24. The van der Waals surface area contributed by atoms with Gasteiger partial charge >= 0.3 is 0 Å². The lowest BCUT2D eigenvalue weighted by atomic mass is 9.94. The highest BCUT2D eigenvalue weighted by molar-refractivity contribution is 7.87. The molecule has 2 heterocycles. The number of ether oxygens (including phenoxy) is 1. The molecule has 2 saturated heterocycles. The van der Waals surface area contributed by atoms with Gasteiger partial charge in [0, 0.05) is 38.4 Å². The van der Waals surface area contributed by atoms with Crippen LogP contribution in [0.25, 0.3) is 0 Å². The first kappa shape index (κ1) is 18.6. The molecule has 7 heteroatoms. The average Bonchev–Trinajstić information content (AvgIpc) is 2.60. The minimum absolute atomic E-state index is 0.315. The topological polar surface area (TPSA) is 61.9 Å². The Hall–Kier alpha value is -1.15. The fourth-order valence-corrected chi connectivity index (χ4v) is 5.26. The molecule has 2 aliphatic heterocycles. The first-order chi connectivity index (χ1) is 12.0. The van der Waals surface area contributed by atoms with Crippen LogP contribution < -0.4 is 9.62 Å². The maximum absolute atomic E-state index is 12.7. The Balaban J connectivity index is 1.68. The third-order valence-corrected chi connectivity index (χ3v) is 6.45. The van der Waals surface area contributed by atoms with Crippen LogP contribution in [0.4, 0.5) is 5.69 Å². The van der Waals surface area contributed by atoms with E-state index in [0.29, 0.717) is 44.7 Å². The van der Waals surface area contributed by atoms with Crippen LogP contribution in [0.15, 0.2) is 24.3 Å². The van der Waals surface area contributed by atoms with Gasteiger partial charge in [-0.15, -0.1) is 0 Å². The van der Waals surface area contributed by atoms with E-state index in [4.69, 9.17) is 4.74 Å². The van der Waals surface area contributed by atoms with Crippen LogP contribution in [-0.2, 0) is 21.5 Å². The molecular formula is C18H29N3O3S. The monoisotopic (exact) mass is 367 g/mol. The number of benzene rings is 1. The highest BCUT2D eigenvalue weighted by Gasteiger charge is 2.30. The summed E-state index contributed by atoms with van der Waals surface area (Å²) in [6.07, 6.45) is 1.09. The molecule has 2 atom stereocenters. The molecular weight excluding hydrogens is 338 g/mol. The van der Waals surface area contributed by atoms with E-state index in [0.717, 1.165) is 30.8 Å². The lowest BCUT2D eigenvalue weighted by molar-refractivity contribution is 0.122. The normalized spacial score (nSPS) is 25.9. The molecule has 2 aliphatic rings. The minimum Gasteiger partial charge on any atom is -0.378 e. The van der Waals surface area contributed by atoms with Gasteiger partial charge in [0.05, 0.1) is 13.2 Å². The molecule has 0 unspecified atom stereocenters. The van der Waals surface area contributed by atoms with E-state index in [-0.39, 0.29) is 0 Å². The zero-order valence-corrected chi connectivity index (χ0v) is 16.0. The summed E-state index contributed by atoms with van der Waals surface area (Å²) in [6, 6.07) is 8.00. The van der Waals surface area contributed by atoms with E-state index in [1.807, 2.05) is 18.2 Å². The quantitative estimate of drug-likeness (QED) is 0.863. The predicted molar refractivity (Wildman–Crippen MR) is 99.8 cm³/mol. The van der Waals surface area contributed by atoms with Crippen molar-refractivity contribution in [3.8, 4) is 0 Å². The van der Waals surface area contributed by atoms with Crippen LogP contribution in [0.5, 0.6) is 0 Å². The van der Waals surface area contributed by atoms with E-state index in [1.54, 1.807) is 4.31 Å². The summed E-state index contributed by atoms with van der Waals surface area (Å²) in [5.74, 6) is 0.807. The van der Waals surface area contributed by atoms with E-state index in [1.165, 1.54) is 0 Å². The number of rotatable bonds is 5. The molecule has 1 N–H and O–H groups in total. The summed E-state index contributed by atoms with van der Waals surface area (Å²) in [4.78, 5) is 2.26. The number of para-hydroxylation sites is 1. The Kier molecular flexibility index (Phi) is 5.99. The van der Waals surface area contributed by atoms with Crippen LogP contribution in [-0.4, -0.2) is 52.1 Å². The van der Waals surface area contributed by atoms with Crippen LogP contribution in [0.3, 0.4) is 0 Å². The second kappa shape index (κ2) is 8.03. The maximum atomic E-state index is 12.7. The SMILES string of the molecule is C[C@@H]1C[C@@H](C)CN(S(=O)(=O)NCc2ccccc2N2CCOCC2)C1. The molecule has 3 rings (SSSR count). The van der Waals surface area contributed by atoms with Gasteiger partial charge in [0.2, 0.25) is 0 Å². The van der Waals surface area contributed by atoms with Crippen molar-refractivity contribution in [2.75, 3.05) is 44.3 Å². The zero-order chi connectivity index (χ0) is 17.9. The first-order valence-corrected chi connectivity index (χ1v) is 10.5. The van der Waals surface area contributed by atoms with Crippen LogP contribution >= 0.6 is 0 Å². The predicted octanol–water partition coefficient (Wildman–Crippen LogP) is 1.84. The smallest absolute Gasteiger partial charge is 0.279 e. The van der Waals surface area contributed by atoms with Gasteiger partial charge in [-0.1, -0.05) is 32.0 Å². The number of anilines is 1. The molecule has 0 aliphatic carbocycles. The van der Waals surface area contributed by atoms with Gasteiger partial charge in [0.15, 0.2) is 0 Å². The summed E-state index contributed by atoms with van der Waals surface area (Å²) in [6.45, 7) is 8.85. The second-order valence-corrected chi connectivity index (χ2v) is 9.07. The molecule has 1 aromatic carbocycles. The van der Waals surface area contributed by atoms with E-state index in [2.05, 4.69) is 29.5 Å². The molecule has 140 valence electrons. The average molecular weight is 368 g/mol. The Morgan fingerprint density at radius 2 is 1.76 bits per heavy atom. The minimum atomic E-state index is -3.45. The van der Waals surface area contributed by atoms with Crippen molar-refractivity contribution in [2.24, 2.45) is 11.8 Å². The van der Waals surface area contributed by atoms with Gasteiger partial charge in [-0.2, -0.15) is 17.4 Å². The number of hydrogen-bond donors (Lipinski definition) is 1. The summed E-state index contributed by atoms with van der Waals surface area (Å²) < 4.78 is 35.3.